The monoisotopic (exact) mass is 163 g/mol. The second-order valence-corrected chi connectivity index (χ2v) is 4.70. The van der Waals surface area contributed by atoms with Gasteiger partial charge in [0.25, 0.3) is 0 Å². The molecule has 2 heterocycles. The molecule has 3 rings (SSSR count). The van der Waals surface area contributed by atoms with Gasteiger partial charge in [0.05, 0.1) is 0 Å². The Kier molecular flexibility index (Phi) is 1.16. The molecule has 0 bridgehead atoms. The molecule has 1 aliphatic carbocycles. The summed E-state index contributed by atoms with van der Waals surface area (Å²) in [6.07, 6.45) is 5.46. The number of hydrogen-bond donors (Lipinski definition) is 0. The van der Waals surface area contributed by atoms with E-state index in [0.717, 1.165) is 12.0 Å². The SMILES string of the molecule is C=C1CCN2C3CC3CC12CC. The number of fused-ring (bicyclic) bond motifs is 3. The van der Waals surface area contributed by atoms with Gasteiger partial charge in [-0.3, -0.25) is 4.90 Å². The van der Waals surface area contributed by atoms with E-state index in [0.29, 0.717) is 5.54 Å². The van der Waals surface area contributed by atoms with E-state index in [1.54, 1.807) is 0 Å². The maximum Gasteiger partial charge on any atom is 0.0422 e. The lowest BCUT2D eigenvalue weighted by Gasteiger charge is -2.34. The van der Waals surface area contributed by atoms with Crippen LogP contribution in [0.1, 0.15) is 32.6 Å². The Morgan fingerprint density at radius 1 is 1.67 bits per heavy atom. The van der Waals surface area contributed by atoms with Crippen molar-refractivity contribution in [3.63, 3.8) is 0 Å². The Bertz CT molecular complexity index is 245. The van der Waals surface area contributed by atoms with Crippen molar-refractivity contribution in [3.8, 4) is 0 Å². The molecule has 1 heteroatoms. The lowest BCUT2D eigenvalue weighted by molar-refractivity contribution is 0.181. The molecule has 0 radical (unpaired) electrons. The highest BCUT2D eigenvalue weighted by Gasteiger charge is 2.61. The molecule has 3 aliphatic rings. The first-order valence-corrected chi connectivity index (χ1v) is 5.23. The Morgan fingerprint density at radius 2 is 2.50 bits per heavy atom. The van der Waals surface area contributed by atoms with Crippen LogP contribution in [0.15, 0.2) is 12.2 Å². The average molecular weight is 163 g/mol. The molecule has 0 aromatic carbocycles. The molecule has 12 heavy (non-hydrogen) atoms. The average Bonchev–Trinajstić information content (AvgIpc) is 2.64. The molecule has 3 atom stereocenters. The summed E-state index contributed by atoms with van der Waals surface area (Å²) < 4.78 is 0. The summed E-state index contributed by atoms with van der Waals surface area (Å²) in [6.45, 7) is 7.88. The van der Waals surface area contributed by atoms with Crippen LogP contribution < -0.4 is 0 Å². The minimum atomic E-state index is 0.466. The lowest BCUT2D eigenvalue weighted by atomic mass is 9.85. The predicted molar refractivity (Wildman–Crippen MR) is 50.0 cm³/mol. The second kappa shape index (κ2) is 1.95. The third-order valence-electron chi connectivity index (χ3n) is 4.33. The van der Waals surface area contributed by atoms with Crippen LogP contribution in [0, 0.1) is 5.92 Å². The number of piperidine rings is 1. The Balaban J connectivity index is 1.99. The quantitative estimate of drug-likeness (QED) is 0.536. The Hall–Kier alpha value is -0.300. The van der Waals surface area contributed by atoms with Gasteiger partial charge in [-0.05, 0) is 31.6 Å². The third kappa shape index (κ3) is 0.610. The van der Waals surface area contributed by atoms with Crippen molar-refractivity contribution >= 4 is 0 Å². The summed E-state index contributed by atoms with van der Waals surface area (Å²) in [5, 5.41) is 0. The third-order valence-corrected chi connectivity index (χ3v) is 4.33. The molecule has 3 unspecified atom stereocenters. The van der Waals surface area contributed by atoms with Gasteiger partial charge in [-0.2, -0.15) is 0 Å². The summed E-state index contributed by atoms with van der Waals surface area (Å²) >= 11 is 0. The summed E-state index contributed by atoms with van der Waals surface area (Å²) in [5.41, 5.74) is 1.99. The van der Waals surface area contributed by atoms with Gasteiger partial charge >= 0.3 is 0 Å². The van der Waals surface area contributed by atoms with E-state index < -0.39 is 0 Å². The summed E-state index contributed by atoms with van der Waals surface area (Å²) in [6, 6.07) is 0.962. The molecule has 3 fully saturated rings. The fourth-order valence-electron chi connectivity index (χ4n) is 3.51. The molecule has 1 saturated carbocycles. The minimum absolute atomic E-state index is 0.466. The van der Waals surface area contributed by atoms with E-state index in [1.807, 2.05) is 0 Å². The number of rotatable bonds is 1. The molecule has 0 aromatic heterocycles. The van der Waals surface area contributed by atoms with Crippen molar-refractivity contribution in [3.05, 3.63) is 12.2 Å². The Labute approximate surface area is 74.4 Å². The molecule has 0 spiro atoms. The van der Waals surface area contributed by atoms with Crippen LogP contribution >= 0.6 is 0 Å². The summed E-state index contributed by atoms with van der Waals surface area (Å²) in [5.74, 6) is 1.04. The fraction of sp³-hybridized carbons (Fsp3) is 0.818. The highest BCUT2D eigenvalue weighted by atomic mass is 15.3. The normalized spacial score (nSPS) is 50.9. The van der Waals surface area contributed by atoms with Gasteiger partial charge in [-0.1, -0.05) is 19.1 Å². The predicted octanol–water partition coefficient (Wildman–Crippen LogP) is 2.19. The number of hydrogen-bond acceptors (Lipinski definition) is 1. The van der Waals surface area contributed by atoms with Crippen LogP contribution in [0.5, 0.6) is 0 Å². The molecule has 2 saturated heterocycles. The van der Waals surface area contributed by atoms with Crippen molar-refractivity contribution in [1.82, 2.24) is 4.90 Å². The van der Waals surface area contributed by atoms with Crippen LogP contribution in [0.3, 0.4) is 0 Å². The van der Waals surface area contributed by atoms with Crippen LogP contribution in [0.25, 0.3) is 0 Å². The molecule has 0 aromatic rings. The molecule has 2 aliphatic heterocycles. The largest absolute Gasteiger partial charge is 0.290 e. The first kappa shape index (κ1) is 7.14. The van der Waals surface area contributed by atoms with Gasteiger partial charge in [-0.25, -0.2) is 0 Å². The first-order valence-electron chi connectivity index (χ1n) is 5.23. The van der Waals surface area contributed by atoms with E-state index in [4.69, 9.17) is 0 Å². The van der Waals surface area contributed by atoms with E-state index in [2.05, 4.69) is 18.4 Å². The van der Waals surface area contributed by atoms with Crippen LogP contribution in [0.2, 0.25) is 0 Å². The molecule has 1 nitrogen and oxygen atoms in total. The smallest absolute Gasteiger partial charge is 0.0422 e. The first-order chi connectivity index (χ1) is 5.78. The highest BCUT2D eigenvalue weighted by Crippen LogP contribution is 2.59. The van der Waals surface area contributed by atoms with Crippen molar-refractivity contribution < 1.29 is 0 Å². The standard InChI is InChI=1S/C11H17N/c1-3-11-7-9-6-10(9)12(11)5-4-8(11)2/h9-10H,2-7H2,1H3. The van der Waals surface area contributed by atoms with Crippen molar-refractivity contribution in [2.45, 2.75) is 44.2 Å². The van der Waals surface area contributed by atoms with Gasteiger partial charge in [-0.15, -0.1) is 0 Å². The second-order valence-electron chi connectivity index (χ2n) is 4.70. The summed E-state index contributed by atoms with van der Waals surface area (Å²) in [7, 11) is 0. The molecule has 0 amide bonds. The van der Waals surface area contributed by atoms with Crippen LogP contribution in [0.4, 0.5) is 0 Å². The summed E-state index contributed by atoms with van der Waals surface area (Å²) in [4.78, 5) is 2.75. The van der Waals surface area contributed by atoms with Gasteiger partial charge in [0, 0.05) is 18.1 Å². The highest BCUT2D eigenvalue weighted by molar-refractivity contribution is 5.30. The van der Waals surface area contributed by atoms with E-state index in [-0.39, 0.29) is 0 Å². The van der Waals surface area contributed by atoms with E-state index in [1.165, 1.54) is 37.8 Å². The van der Waals surface area contributed by atoms with Gasteiger partial charge in [0.15, 0.2) is 0 Å². The maximum atomic E-state index is 4.25. The van der Waals surface area contributed by atoms with Crippen molar-refractivity contribution in [2.75, 3.05) is 6.54 Å². The van der Waals surface area contributed by atoms with Crippen molar-refractivity contribution in [1.29, 1.82) is 0 Å². The lowest BCUT2D eigenvalue weighted by Crippen LogP contribution is -2.41. The van der Waals surface area contributed by atoms with Gasteiger partial charge < -0.3 is 0 Å². The van der Waals surface area contributed by atoms with E-state index >= 15 is 0 Å². The topological polar surface area (TPSA) is 3.24 Å². The zero-order valence-corrected chi connectivity index (χ0v) is 7.84. The zero-order valence-electron chi connectivity index (χ0n) is 7.84. The van der Waals surface area contributed by atoms with Crippen molar-refractivity contribution in [2.24, 2.45) is 5.92 Å². The molecular formula is C11H17N. The fourth-order valence-corrected chi connectivity index (χ4v) is 3.51. The molecular weight excluding hydrogens is 146 g/mol. The number of nitrogens with zero attached hydrogens (tertiary/aromatic N) is 1. The minimum Gasteiger partial charge on any atom is -0.290 e. The molecule has 66 valence electrons. The maximum absolute atomic E-state index is 4.25. The van der Waals surface area contributed by atoms with Gasteiger partial charge in [0.1, 0.15) is 0 Å². The van der Waals surface area contributed by atoms with Gasteiger partial charge in [0.2, 0.25) is 0 Å². The van der Waals surface area contributed by atoms with Crippen LogP contribution in [-0.2, 0) is 0 Å². The van der Waals surface area contributed by atoms with Crippen LogP contribution in [-0.4, -0.2) is 23.0 Å². The molecule has 0 N–H and O–H groups in total. The zero-order chi connectivity index (χ0) is 8.34. The van der Waals surface area contributed by atoms with E-state index in [9.17, 15) is 0 Å². The Morgan fingerprint density at radius 3 is 3.17 bits per heavy atom.